The highest BCUT2D eigenvalue weighted by molar-refractivity contribution is 7.21. The molecule has 220 valence electrons. The Morgan fingerprint density at radius 2 is 1.93 bits per heavy atom. The van der Waals surface area contributed by atoms with Gasteiger partial charge in [0.2, 0.25) is 5.78 Å². The van der Waals surface area contributed by atoms with E-state index in [9.17, 15) is 19.1 Å². The summed E-state index contributed by atoms with van der Waals surface area (Å²) in [7, 11) is 2.94. The lowest BCUT2D eigenvalue weighted by Crippen LogP contribution is -2.42. The van der Waals surface area contributed by atoms with Crippen molar-refractivity contribution in [3.8, 4) is 16.9 Å². The van der Waals surface area contributed by atoms with Crippen LogP contribution >= 0.6 is 22.9 Å². The van der Waals surface area contributed by atoms with E-state index in [2.05, 4.69) is 10.3 Å². The first-order valence-corrected chi connectivity index (χ1v) is 14.7. The number of carbonyl (C=O) groups is 2. The van der Waals surface area contributed by atoms with E-state index < -0.39 is 23.5 Å². The summed E-state index contributed by atoms with van der Waals surface area (Å²) in [5, 5.41) is 13.1. The molecule has 2 aromatic carbocycles. The number of aryl methyl sites for hydroxylation is 1. The Hall–Kier alpha value is -3.60. The molecule has 0 atom stereocenters. The molecule has 42 heavy (non-hydrogen) atoms. The fourth-order valence-electron chi connectivity index (χ4n) is 5.57. The molecule has 5 rings (SSSR count). The Morgan fingerprint density at radius 1 is 1.19 bits per heavy atom. The molecule has 0 radical (unpaired) electrons. The molecule has 4 aromatic rings. The van der Waals surface area contributed by atoms with Crippen LogP contribution in [0.25, 0.3) is 21.2 Å². The molecule has 0 unspecified atom stereocenters. The molecule has 1 amide bonds. The molecular weight excluding hydrogens is 584 g/mol. The number of aromatic nitrogens is 1. The maximum Gasteiger partial charge on any atom is 0.407 e. The highest BCUT2D eigenvalue weighted by Gasteiger charge is 2.32. The molecule has 0 bridgehead atoms. The van der Waals surface area contributed by atoms with Crippen molar-refractivity contribution in [2.45, 2.75) is 51.2 Å². The summed E-state index contributed by atoms with van der Waals surface area (Å²) in [5.74, 6) is -1.69. The summed E-state index contributed by atoms with van der Waals surface area (Å²) in [6, 6.07) is 9.61. The monoisotopic (exact) mass is 613 g/mol. The van der Waals surface area contributed by atoms with Crippen molar-refractivity contribution >= 4 is 44.9 Å². The van der Waals surface area contributed by atoms with Crippen LogP contribution in [-0.2, 0) is 6.54 Å². The minimum absolute atomic E-state index is 0.000167. The number of rotatable bonds is 8. The van der Waals surface area contributed by atoms with Crippen LogP contribution in [0.4, 0.5) is 13.6 Å². The van der Waals surface area contributed by atoms with Crippen molar-refractivity contribution in [3.05, 3.63) is 81.0 Å². The Bertz CT molecular complexity index is 1650. The summed E-state index contributed by atoms with van der Waals surface area (Å²) in [4.78, 5) is 31.6. The lowest BCUT2D eigenvalue weighted by Gasteiger charge is -2.34. The van der Waals surface area contributed by atoms with Crippen molar-refractivity contribution in [2.75, 3.05) is 14.2 Å². The minimum atomic E-state index is -0.959. The quantitative estimate of drug-likeness (QED) is 0.201. The predicted molar refractivity (Wildman–Crippen MR) is 160 cm³/mol. The lowest BCUT2D eigenvalue weighted by atomic mass is 9.89. The molecule has 0 aliphatic heterocycles. The van der Waals surface area contributed by atoms with E-state index in [1.807, 2.05) is 0 Å². The van der Waals surface area contributed by atoms with Gasteiger partial charge >= 0.3 is 6.09 Å². The molecular formula is C31H30ClF2N3O4S. The first-order chi connectivity index (χ1) is 20.1. The number of ether oxygens (including phenoxy) is 1. The molecule has 2 heterocycles. The van der Waals surface area contributed by atoms with Crippen LogP contribution < -0.4 is 10.1 Å². The minimum Gasteiger partial charge on any atom is -0.495 e. The van der Waals surface area contributed by atoms with Gasteiger partial charge in [-0.3, -0.25) is 9.78 Å². The molecule has 1 fully saturated rings. The van der Waals surface area contributed by atoms with Gasteiger partial charge in [-0.1, -0.05) is 29.8 Å². The van der Waals surface area contributed by atoms with Crippen LogP contribution in [0.15, 0.2) is 42.6 Å². The second kappa shape index (κ2) is 12.3. The number of fused-ring (bicyclic) bond motifs is 1. The molecule has 1 aliphatic carbocycles. The number of hydrogen-bond acceptors (Lipinski definition) is 6. The lowest BCUT2D eigenvalue weighted by molar-refractivity contribution is 0.104. The first-order valence-electron chi connectivity index (χ1n) is 13.5. The summed E-state index contributed by atoms with van der Waals surface area (Å²) >= 11 is 7.54. The maximum absolute atomic E-state index is 16.1. The number of halogens is 3. The summed E-state index contributed by atoms with van der Waals surface area (Å²) < 4.78 is 36.6. The van der Waals surface area contributed by atoms with Crippen LogP contribution in [0, 0.1) is 18.6 Å². The smallest absolute Gasteiger partial charge is 0.407 e. The second-order valence-electron chi connectivity index (χ2n) is 10.5. The molecule has 1 saturated carbocycles. The Labute approximate surface area is 251 Å². The van der Waals surface area contributed by atoms with Gasteiger partial charge in [-0.2, -0.15) is 0 Å². The number of carboxylic acid groups (broad SMARTS) is 1. The van der Waals surface area contributed by atoms with E-state index in [1.54, 1.807) is 44.3 Å². The average molecular weight is 614 g/mol. The van der Waals surface area contributed by atoms with Crippen molar-refractivity contribution in [1.29, 1.82) is 0 Å². The van der Waals surface area contributed by atoms with Gasteiger partial charge < -0.3 is 20.1 Å². The zero-order valence-electron chi connectivity index (χ0n) is 23.3. The van der Waals surface area contributed by atoms with E-state index in [0.717, 1.165) is 17.0 Å². The molecule has 1 aliphatic rings. The molecule has 0 saturated heterocycles. The Kier molecular flexibility index (Phi) is 8.77. The number of pyridine rings is 1. The van der Waals surface area contributed by atoms with Crippen molar-refractivity contribution < 1.29 is 28.2 Å². The third-order valence-corrected chi connectivity index (χ3v) is 9.40. The average Bonchev–Trinajstić information content (AvgIpc) is 3.43. The largest absolute Gasteiger partial charge is 0.495 e. The molecule has 0 spiro atoms. The van der Waals surface area contributed by atoms with Gasteiger partial charge in [0.1, 0.15) is 16.6 Å². The first kappa shape index (κ1) is 29.9. The highest BCUT2D eigenvalue weighted by Crippen LogP contribution is 2.43. The van der Waals surface area contributed by atoms with Crippen molar-refractivity contribution in [2.24, 2.45) is 0 Å². The van der Waals surface area contributed by atoms with Gasteiger partial charge in [0.15, 0.2) is 5.82 Å². The molecule has 2 N–H and O–H groups in total. The van der Waals surface area contributed by atoms with Gasteiger partial charge in [0.05, 0.1) is 16.7 Å². The molecule has 11 heteroatoms. The van der Waals surface area contributed by atoms with Gasteiger partial charge in [0, 0.05) is 59.8 Å². The highest BCUT2D eigenvalue weighted by atomic mass is 35.5. The van der Waals surface area contributed by atoms with Crippen LogP contribution in [0.2, 0.25) is 5.02 Å². The topological polar surface area (TPSA) is 91.8 Å². The molecule has 2 aromatic heterocycles. The van der Waals surface area contributed by atoms with Gasteiger partial charge in [0.25, 0.3) is 0 Å². The number of nitrogens with zero attached hydrogens (tertiary/aromatic N) is 2. The SMILES string of the molecule is COc1c(Cl)c(F)c(-c2ccc(C)nc2)c(C(=O)c2cc3cccc(F)c3s2)c1CNC1CCC(N(C)C(=O)O)CC1. The fraction of sp³-hybridized carbons (Fsp3) is 0.323. The van der Waals surface area contributed by atoms with Crippen LogP contribution in [-0.4, -0.2) is 53.1 Å². The number of nitrogens with one attached hydrogen (secondary N) is 1. The van der Waals surface area contributed by atoms with Crippen LogP contribution in [0.1, 0.15) is 52.2 Å². The second-order valence-corrected chi connectivity index (χ2v) is 11.9. The van der Waals surface area contributed by atoms with Crippen LogP contribution in [0.5, 0.6) is 5.75 Å². The predicted octanol–water partition coefficient (Wildman–Crippen LogP) is 7.45. The van der Waals surface area contributed by atoms with Crippen molar-refractivity contribution in [3.63, 3.8) is 0 Å². The van der Waals surface area contributed by atoms with Crippen molar-refractivity contribution in [1.82, 2.24) is 15.2 Å². The number of thiophene rings is 1. The van der Waals surface area contributed by atoms with Crippen LogP contribution in [0.3, 0.4) is 0 Å². The van der Waals surface area contributed by atoms with E-state index in [-0.39, 0.29) is 45.4 Å². The molecule has 7 nitrogen and oxygen atoms in total. The number of methoxy groups -OCH3 is 1. The Morgan fingerprint density at radius 3 is 2.55 bits per heavy atom. The van der Waals surface area contributed by atoms with E-state index in [1.165, 1.54) is 24.3 Å². The number of benzene rings is 2. The fourth-order valence-corrected chi connectivity index (χ4v) is 6.86. The zero-order chi connectivity index (χ0) is 30.1. The van der Waals surface area contributed by atoms with E-state index in [4.69, 9.17) is 16.3 Å². The number of carbonyl (C=O) groups excluding carboxylic acids is 1. The summed E-state index contributed by atoms with van der Waals surface area (Å²) in [5.41, 5.74) is 1.54. The number of hydrogen-bond donors (Lipinski definition) is 2. The van der Waals surface area contributed by atoms with E-state index in [0.29, 0.717) is 46.9 Å². The maximum atomic E-state index is 16.1. The summed E-state index contributed by atoms with van der Waals surface area (Å²) in [6.07, 6.45) is 3.33. The zero-order valence-corrected chi connectivity index (χ0v) is 24.9. The Balaban J connectivity index is 1.59. The van der Waals surface area contributed by atoms with Gasteiger partial charge in [-0.05, 0) is 56.2 Å². The standard InChI is InChI=1S/C31H30ClF2N3O4S/c1-16-7-8-18(14-35-16)24-25(28(38)23-13-17-5-4-6-22(33)30(17)42-23)21(29(41-3)26(32)27(24)34)15-36-19-9-11-20(12-10-19)37(2)31(39)40/h4-8,13-14,19-20,36H,9-12,15H2,1-3H3,(H,39,40). The number of amides is 1. The normalized spacial score (nSPS) is 16.9. The van der Waals surface area contributed by atoms with Gasteiger partial charge in [-0.25, -0.2) is 13.6 Å². The third kappa shape index (κ3) is 5.71. The third-order valence-electron chi connectivity index (χ3n) is 7.90. The van der Waals surface area contributed by atoms with E-state index >= 15 is 4.39 Å². The summed E-state index contributed by atoms with van der Waals surface area (Å²) in [6.45, 7) is 1.94. The van der Waals surface area contributed by atoms with Gasteiger partial charge in [-0.15, -0.1) is 11.3 Å². The number of ketones is 1.